The minimum atomic E-state index is -0.283. The lowest BCUT2D eigenvalue weighted by molar-refractivity contribution is -0.124. The van der Waals surface area contributed by atoms with E-state index in [1.807, 2.05) is 0 Å². The second-order valence-electron chi connectivity index (χ2n) is 2.70. The Morgan fingerprint density at radius 2 is 2.54 bits per heavy atom. The molecule has 1 heterocycles. The average molecular weight is 183 g/mol. The number of hydrogen-bond donors (Lipinski definition) is 2. The zero-order valence-corrected chi connectivity index (χ0v) is 7.47. The van der Waals surface area contributed by atoms with Crippen LogP contribution in [0.3, 0.4) is 0 Å². The van der Waals surface area contributed by atoms with Gasteiger partial charge in [0.15, 0.2) is 0 Å². The van der Waals surface area contributed by atoms with Crippen molar-refractivity contribution in [3.05, 3.63) is 18.7 Å². The number of aliphatic hydroxyl groups excluding tert-OH is 1. The summed E-state index contributed by atoms with van der Waals surface area (Å²) < 4.78 is 1.70. The van der Waals surface area contributed by atoms with Crippen LogP contribution >= 0.6 is 0 Å². The van der Waals surface area contributed by atoms with Crippen LogP contribution in [0.25, 0.3) is 0 Å². The maximum atomic E-state index is 11.3. The molecular weight excluding hydrogens is 170 g/mol. The van der Waals surface area contributed by atoms with Gasteiger partial charge in [-0.2, -0.15) is 0 Å². The van der Waals surface area contributed by atoms with Crippen LogP contribution in [0, 0.1) is 0 Å². The Hall–Kier alpha value is -1.36. The van der Waals surface area contributed by atoms with Gasteiger partial charge in [0.25, 0.3) is 0 Å². The van der Waals surface area contributed by atoms with Crippen molar-refractivity contribution in [2.24, 2.45) is 0 Å². The van der Waals surface area contributed by atoms with E-state index in [0.717, 1.165) is 0 Å². The quantitative estimate of drug-likeness (QED) is 0.664. The van der Waals surface area contributed by atoms with E-state index in [9.17, 15) is 4.79 Å². The number of carbonyl (C=O) groups excluding carboxylic acids is 1. The molecule has 0 fully saturated rings. The molecule has 0 spiro atoms. The molecule has 1 aromatic heterocycles. The number of nitrogens with one attached hydrogen (secondary N) is 1. The Bertz CT molecular complexity index is 258. The minimum Gasteiger partial charge on any atom is -0.395 e. The summed E-state index contributed by atoms with van der Waals surface area (Å²) in [6.07, 6.45) is 4.93. The van der Waals surface area contributed by atoms with Crippen molar-refractivity contribution in [1.29, 1.82) is 0 Å². The van der Waals surface area contributed by atoms with Gasteiger partial charge in [-0.1, -0.05) is 0 Å². The number of rotatable bonds is 4. The van der Waals surface area contributed by atoms with Gasteiger partial charge >= 0.3 is 0 Å². The maximum absolute atomic E-state index is 11.3. The fourth-order valence-corrected chi connectivity index (χ4v) is 0.961. The van der Waals surface area contributed by atoms with Gasteiger partial charge in [0, 0.05) is 18.9 Å². The molecule has 0 saturated carbocycles. The summed E-state index contributed by atoms with van der Waals surface area (Å²) in [5.74, 6) is -0.118. The largest absolute Gasteiger partial charge is 0.395 e. The molecule has 0 aliphatic rings. The summed E-state index contributed by atoms with van der Waals surface area (Å²) in [4.78, 5) is 15.2. The Morgan fingerprint density at radius 1 is 1.77 bits per heavy atom. The number of imidazole rings is 1. The van der Waals surface area contributed by atoms with E-state index in [1.165, 1.54) is 0 Å². The molecule has 1 rings (SSSR count). The first-order valence-corrected chi connectivity index (χ1v) is 4.11. The highest BCUT2D eigenvalue weighted by molar-refractivity contribution is 5.79. The van der Waals surface area contributed by atoms with Crippen LogP contribution in [0.1, 0.15) is 13.0 Å². The van der Waals surface area contributed by atoms with Crippen LogP contribution in [-0.2, 0) is 4.79 Å². The van der Waals surface area contributed by atoms with Gasteiger partial charge in [-0.3, -0.25) is 4.79 Å². The third-order valence-electron chi connectivity index (χ3n) is 1.76. The van der Waals surface area contributed by atoms with Crippen molar-refractivity contribution >= 4 is 5.91 Å². The van der Waals surface area contributed by atoms with Gasteiger partial charge in [-0.15, -0.1) is 0 Å². The van der Waals surface area contributed by atoms with Gasteiger partial charge in [0.2, 0.25) is 5.91 Å². The molecule has 0 aliphatic heterocycles. The van der Waals surface area contributed by atoms with Crippen LogP contribution in [0.2, 0.25) is 0 Å². The molecule has 2 N–H and O–H groups in total. The van der Waals surface area contributed by atoms with E-state index in [4.69, 9.17) is 5.11 Å². The molecule has 5 heteroatoms. The molecule has 0 aromatic carbocycles. The zero-order valence-electron chi connectivity index (χ0n) is 7.47. The van der Waals surface area contributed by atoms with Crippen molar-refractivity contribution in [3.63, 3.8) is 0 Å². The zero-order chi connectivity index (χ0) is 9.68. The molecule has 0 bridgehead atoms. The van der Waals surface area contributed by atoms with Gasteiger partial charge in [0.1, 0.15) is 6.04 Å². The van der Waals surface area contributed by atoms with Crippen molar-refractivity contribution in [3.8, 4) is 0 Å². The number of aromatic nitrogens is 2. The predicted molar refractivity (Wildman–Crippen MR) is 47.0 cm³/mol. The third kappa shape index (κ3) is 2.55. The summed E-state index contributed by atoms with van der Waals surface area (Å²) in [5.41, 5.74) is 0. The fourth-order valence-electron chi connectivity index (χ4n) is 0.961. The van der Waals surface area contributed by atoms with Gasteiger partial charge < -0.3 is 15.0 Å². The molecule has 0 unspecified atom stereocenters. The number of nitrogens with zero attached hydrogens (tertiary/aromatic N) is 2. The molecule has 1 aromatic rings. The Balaban J connectivity index is 2.48. The molecule has 1 amide bonds. The Labute approximate surface area is 76.4 Å². The summed E-state index contributed by atoms with van der Waals surface area (Å²) in [5, 5.41) is 11.1. The molecule has 13 heavy (non-hydrogen) atoms. The van der Waals surface area contributed by atoms with Crippen molar-refractivity contribution in [2.75, 3.05) is 13.2 Å². The van der Waals surface area contributed by atoms with Crippen LogP contribution in [0.4, 0.5) is 0 Å². The third-order valence-corrected chi connectivity index (χ3v) is 1.76. The van der Waals surface area contributed by atoms with Crippen LogP contribution in [0.15, 0.2) is 18.7 Å². The van der Waals surface area contributed by atoms with Gasteiger partial charge in [-0.25, -0.2) is 4.98 Å². The van der Waals surface area contributed by atoms with Crippen molar-refractivity contribution in [1.82, 2.24) is 14.9 Å². The molecule has 0 saturated heterocycles. The summed E-state index contributed by atoms with van der Waals surface area (Å²) in [6.45, 7) is 2.02. The lowest BCUT2D eigenvalue weighted by Crippen LogP contribution is -2.32. The van der Waals surface area contributed by atoms with Crippen LogP contribution in [0.5, 0.6) is 0 Å². The smallest absolute Gasteiger partial charge is 0.242 e. The number of hydrogen-bond acceptors (Lipinski definition) is 3. The Kier molecular flexibility index (Phi) is 3.45. The lowest BCUT2D eigenvalue weighted by Gasteiger charge is -2.12. The summed E-state index contributed by atoms with van der Waals surface area (Å²) >= 11 is 0. The van der Waals surface area contributed by atoms with Gasteiger partial charge in [-0.05, 0) is 6.92 Å². The highest BCUT2D eigenvalue weighted by Crippen LogP contribution is 2.03. The molecule has 1 atom stereocenters. The van der Waals surface area contributed by atoms with Crippen LogP contribution in [-0.4, -0.2) is 33.7 Å². The van der Waals surface area contributed by atoms with E-state index in [2.05, 4.69) is 10.3 Å². The highest BCUT2D eigenvalue weighted by atomic mass is 16.3. The summed E-state index contributed by atoms with van der Waals surface area (Å²) in [7, 11) is 0. The lowest BCUT2D eigenvalue weighted by atomic mass is 10.3. The number of aliphatic hydroxyl groups is 1. The SMILES string of the molecule is C[C@@H](C(=O)NCCO)n1ccnc1. The molecule has 0 aliphatic carbocycles. The maximum Gasteiger partial charge on any atom is 0.242 e. The monoisotopic (exact) mass is 183 g/mol. The van der Waals surface area contributed by atoms with Crippen molar-refractivity contribution in [2.45, 2.75) is 13.0 Å². The topological polar surface area (TPSA) is 67.2 Å². The molecule has 5 nitrogen and oxygen atoms in total. The average Bonchev–Trinajstić information content (AvgIpc) is 2.65. The second-order valence-corrected chi connectivity index (χ2v) is 2.70. The number of carbonyl (C=O) groups is 1. The normalized spacial score (nSPS) is 12.5. The first-order valence-electron chi connectivity index (χ1n) is 4.11. The van der Waals surface area contributed by atoms with Crippen molar-refractivity contribution < 1.29 is 9.90 Å². The summed E-state index contributed by atoms with van der Waals surface area (Å²) in [6, 6.07) is -0.283. The first kappa shape index (κ1) is 9.73. The van der Waals surface area contributed by atoms with E-state index in [1.54, 1.807) is 30.2 Å². The first-order chi connectivity index (χ1) is 6.25. The Morgan fingerprint density at radius 3 is 3.08 bits per heavy atom. The van der Waals surface area contributed by atoms with E-state index >= 15 is 0 Å². The van der Waals surface area contributed by atoms with E-state index in [-0.39, 0.29) is 25.1 Å². The number of amides is 1. The fraction of sp³-hybridized carbons (Fsp3) is 0.500. The molecule has 0 radical (unpaired) electrons. The highest BCUT2D eigenvalue weighted by Gasteiger charge is 2.12. The van der Waals surface area contributed by atoms with E-state index in [0.29, 0.717) is 0 Å². The predicted octanol–water partition coefficient (Wildman–Crippen LogP) is -0.447. The van der Waals surface area contributed by atoms with Crippen LogP contribution < -0.4 is 5.32 Å². The molecular formula is C8H13N3O2. The molecule has 72 valence electrons. The minimum absolute atomic E-state index is 0.0393. The van der Waals surface area contributed by atoms with E-state index < -0.39 is 0 Å². The standard InChI is InChI=1S/C8H13N3O2/c1-7(8(13)10-3-5-12)11-4-2-9-6-11/h2,4,6-7,12H,3,5H2,1H3,(H,10,13)/t7-/m0/s1. The van der Waals surface area contributed by atoms with Gasteiger partial charge in [0.05, 0.1) is 12.9 Å². The second kappa shape index (κ2) is 4.61.